The Morgan fingerprint density at radius 1 is 0.733 bits per heavy atom. The molecule has 0 bridgehead atoms. The van der Waals surface area contributed by atoms with Gasteiger partial charge in [0.15, 0.2) is 0 Å². The molecule has 88 valence electrons. The third-order valence-corrected chi connectivity index (χ3v) is 3.00. The fraction of sp³-hybridized carbons (Fsp3) is 0.857. The molecule has 15 heavy (non-hydrogen) atoms. The van der Waals surface area contributed by atoms with Crippen molar-refractivity contribution < 1.29 is 0 Å². The van der Waals surface area contributed by atoms with Gasteiger partial charge in [-0.25, -0.2) is 0 Å². The first kappa shape index (κ1) is 15.0. The molecule has 0 nitrogen and oxygen atoms in total. The molecular weight excluding hydrogens is 248 g/mol. The number of hydrogen-bond acceptors (Lipinski definition) is 0. The molecule has 0 aliphatic rings. The lowest BCUT2D eigenvalue weighted by Crippen LogP contribution is -1.81. The van der Waals surface area contributed by atoms with Gasteiger partial charge in [0.25, 0.3) is 0 Å². The van der Waals surface area contributed by atoms with Crippen LogP contribution in [0.25, 0.3) is 0 Å². The van der Waals surface area contributed by atoms with Gasteiger partial charge in [-0.15, -0.1) is 0 Å². The van der Waals surface area contributed by atoms with Gasteiger partial charge in [0.1, 0.15) is 0 Å². The topological polar surface area (TPSA) is 0 Å². The zero-order chi connectivity index (χ0) is 11.2. The normalized spacial score (nSPS) is 9.73. The quantitative estimate of drug-likeness (QED) is 0.356. The highest BCUT2D eigenvalue weighted by atomic mass is 79.9. The van der Waals surface area contributed by atoms with Crippen LogP contribution < -0.4 is 0 Å². The van der Waals surface area contributed by atoms with Crippen molar-refractivity contribution in [3.05, 3.63) is 0 Å². The molecule has 0 unspecified atom stereocenters. The summed E-state index contributed by atoms with van der Waals surface area (Å²) >= 11 is 3.11. The second kappa shape index (κ2) is 14.0. The maximum absolute atomic E-state index is 3.11. The molecule has 1 heteroatoms. The summed E-state index contributed by atoms with van der Waals surface area (Å²) in [6, 6.07) is 0. The van der Waals surface area contributed by atoms with E-state index in [1.54, 1.807) is 0 Å². The molecular formula is C14H25Br. The van der Waals surface area contributed by atoms with E-state index < -0.39 is 0 Å². The maximum atomic E-state index is 3.11. The predicted molar refractivity (Wildman–Crippen MR) is 73.2 cm³/mol. The fourth-order valence-corrected chi connectivity index (χ4v) is 1.95. The molecule has 0 aromatic rings. The molecule has 0 aromatic carbocycles. The lowest BCUT2D eigenvalue weighted by Gasteiger charge is -2.00. The van der Waals surface area contributed by atoms with Crippen LogP contribution in [-0.2, 0) is 0 Å². The highest BCUT2D eigenvalue weighted by molar-refractivity contribution is 9.12. The Bertz CT molecular complexity index is 164. The monoisotopic (exact) mass is 272 g/mol. The Morgan fingerprint density at radius 3 is 1.67 bits per heavy atom. The van der Waals surface area contributed by atoms with Gasteiger partial charge in [0, 0.05) is 22.4 Å². The van der Waals surface area contributed by atoms with Crippen molar-refractivity contribution >= 4 is 15.9 Å². The molecule has 0 saturated heterocycles. The average molecular weight is 273 g/mol. The summed E-state index contributed by atoms with van der Waals surface area (Å²) in [7, 11) is 0. The van der Waals surface area contributed by atoms with Crippen LogP contribution in [-0.4, -0.2) is 0 Å². The average Bonchev–Trinajstić information content (AvgIpc) is 2.26. The van der Waals surface area contributed by atoms with Crippen LogP contribution in [0.5, 0.6) is 0 Å². The smallest absolute Gasteiger partial charge is 0.0106 e. The predicted octanol–water partition coefficient (Wildman–Crippen LogP) is 5.65. The Labute approximate surface area is 104 Å². The lowest BCUT2D eigenvalue weighted by molar-refractivity contribution is 0.558. The van der Waals surface area contributed by atoms with E-state index in [0.717, 1.165) is 6.42 Å². The molecule has 0 aliphatic heterocycles. The maximum Gasteiger partial charge on any atom is 0.0106 e. The molecule has 0 rings (SSSR count). The molecule has 0 aromatic heterocycles. The second-order valence-electron chi connectivity index (χ2n) is 4.20. The number of unbranched alkanes of at least 4 members (excludes halogenated alkanes) is 10. The molecule has 0 saturated carbocycles. The van der Waals surface area contributed by atoms with Gasteiger partial charge in [0.2, 0.25) is 0 Å². The molecule has 0 atom stereocenters. The molecule has 0 heterocycles. The summed E-state index contributed by atoms with van der Waals surface area (Å²) in [5.74, 6) is 3.04. The molecule has 0 amide bonds. The highest BCUT2D eigenvalue weighted by Gasteiger charge is 1.91. The van der Waals surface area contributed by atoms with Crippen LogP contribution in [0.2, 0.25) is 0 Å². The van der Waals surface area contributed by atoms with E-state index in [1.165, 1.54) is 64.2 Å². The van der Waals surface area contributed by atoms with Gasteiger partial charge in [0.05, 0.1) is 0 Å². The van der Waals surface area contributed by atoms with E-state index in [2.05, 4.69) is 33.6 Å². The van der Waals surface area contributed by atoms with Crippen molar-refractivity contribution in [2.75, 3.05) is 0 Å². The van der Waals surface area contributed by atoms with Crippen LogP contribution >= 0.6 is 15.9 Å². The van der Waals surface area contributed by atoms with Gasteiger partial charge in [-0.2, -0.15) is 0 Å². The van der Waals surface area contributed by atoms with Crippen LogP contribution in [0.15, 0.2) is 0 Å². The minimum atomic E-state index is 1.06. The summed E-state index contributed by atoms with van der Waals surface area (Å²) in [5, 5.41) is 0. The molecule has 0 fully saturated rings. The van der Waals surface area contributed by atoms with Gasteiger partial charge >= 0.3 is 0 Å². The summed E-state index contributed by atoms with van der Waals surface area (Å²) in [6.07, 6.45) is 15.1. The van der Waals surface area contributed by atoms with Gasteiger partial charge in [-0.1, -0.05) is 70.6 Å². The Morgan fingerprint density at radius 2 is 1.20 bits per heavy atom. The van der Waals surface area contributed by atoms with Crippen molar-refractivity contribution in [1.82, 2.24) is 0 Å². The van der Waals surface area contributed by atoms with E-state index in [1.807, 2.05) is 0 Å². The first-order chi connectivity index (χ1) is 7.41. The van der Waals surface area contributed by atoms with E-state index in [0.29, 0.717) is 0 Å². The van der Waals surface area contributed by atoms with E-state index in [4.69, 9.17) is 0 Å². The second-order valence-corrected chi connectivity index (χ2v) is 4.60. The van der Waals surface area contributed by atoms with Gasteiger partial charge in [-0.05, 0) is 11.3 Å². The number of rotatable bonds is 10. The van der Waals surface area contributed by atoms with Crippen molar-refractivity contribution in [3.8, 4) is 10.8 Å². The highest BCUT2D eigenvalue weighted by Crippen LogP contribution is 2.10. The van der Waals surface area contributed by atoms with Gasteiger partial charge < -0.3 is 0 Å². The lowest BCUT2D eigenvalue weighted by atomic mass is 10.1. The number of halogens is 1. The standard InChI is InChI=1S/C14H25Br/c1-2-3-4-5-6-7-8-9-10-11-12-13-14-15/h2-12H2,1H3. The molecule has 0 N–H and O–H groups in total. The molecule has 0 radical (unpaired) electrons. The largest absolute Gasteiger partial charge is 0.0908 e. The van der Waals surface area contributed by atoms with Crippen molar-refractivity contribution in [2.24, 2.45) is 0 Å². The van der Waals surface area contributed by atoms with Gasteiger partial charge in [-0.3, -0.25) is 0 Å². The first-order valence-electron chi connectivity index (χ1n) is 6.50. The summed E-state index contributed by atoms with van der Waals surface area (Å²) in [4.78, 5) is 2.76. The third kappa shape index (κ3) is 14.0. The van der Waals surface area contributed by atoms with Crippen LogP contribution in [0.1, 0.15) is 77.6 Å². The van der Waals surface area contributed by atoms with E-state index in [9.17, 15) is 0 Å². The summed E-state index contributed by atoms with van der Waals surface area (Å²) < 4.78 is 0. The van der Waals surface area contributed by atoms with E-state index in [-0.39, 0.29) is 0 Å². The first-order valence-corrected chi connectivity index (χ1v) is 7.29. The minimum Gasteiger partial charge on any atom is -0.0908 e. The zero-order valence-electron chi connectivity index (χ0n) is 10.2. The third-order valence-electron chi connectivity index (χ3n) is 2.72. The van der Waals surface area contributed by atoms with Crippen molar-refractivity contribution in [3.63, 3.8) is 0 Å². The fourth-order valence-electron chi connectivity index (χ4n) is 1.75. The SMILES string of the molecule is CCCCCCCCCCCCC#CBr. The zero-order valence-corrected chi connectivity index (χ0v) is 11.7. The number of hydrogen-bond donors (Lipinski definition) is 0. The van der Waals surface area contributed by atoms with Crippen LogP contribution in [0.4, 0.5) is 0 Å². The van der Waals surface area contributed by atoms with Crippen LogP contribution in [0.3, 0.4) is 0 Å². The van der Waals surface area contributed by atoms with Crippen molar-refractivity contribution in [1.29, 1.82) is 0 Å². The Balaban J connectivity index is 2.88. The molecule has 0 spiro atoms. The molecule has 0 aliphatic carbocycles. The van der Waals surface area contributed by atoms with E-state index >= 15 is 0 Å². The summed E-state index contributed by atoms with van der Waals surface area (Å²) in [5.41, 5.74) is 0. The Kier molecular flexibility index (Phi) is 14.1. The Hall–Kier alpha value is 0.0400. The van der Waals surface area contributed by atoms with Crippen molar-refractivity contribution in [2.45, 2.75) is 77.6 Å². The minimum absolute atomic E-state index is 1.06. The summed E-state index contributed by atoms with van der Waals surface area (Å²) in [6.45, 7) is 2.27. The van der Waals surface area contributed by atoms with Crippen LogP contribution in [0, 0.1) is 10.8 Å².